The van der Waals surface area contributed by atoms with Gasteiger partial charge in [0.1, 0.15) is 25.5 Å². The summed E-state index contributed by atoms with van der Waals surface area (Å²) in [5, 5.41) is 4.23. The Bertz CT molecular complexity index is 902. The maximum atomic E-state index is 13.4. The van der Waals surface area contributed by atoms with Crippen LogP contribution in [0.4, 0.5) is 0 Å². The summed E-state index contributed by atoms with van der Waals surface area (Å²) < 4.78 is 12.4. The maximum Gasteiger partial charge on any atom is 0.168 e. The van der Waals surface area contributed by atoms with Gasteiger partial charge in [-0.3, -0.25) is 4.79 Å². The molecule has 0 radical (unpaired) electrons. The van der Waals surface area contributed by atoms with E-state index in [2.05, 4.69) is 46.5 Å². The molecule has 0 aliphatic carbocycles. The minimum atomic E-state index is -0.696. The average molecular weight is 377 g/mol. The number of ether oxygens (including phenoxy) is 2. The smallest absolute Gasteiger partial charge is 0.168 e. The van der Waals surface area contributed by atoms with Gasteiger partial charge in [-0.05, 0) is 23.6 Å². The lowest BCUT2D eigenvalue weighted by Crippen LogP contribution is -2.45. The van der Waals surface area contributed by atoms with Crippen LogP contribution in [0.2, 0.25) is 0 Å². The Balaban J connectivity index is 1.57. The molecule has 4 rings (SSSR count). The fourth-order valence-corrected chi connectivity index (χ4v) is 3.55. The van der Waals surface area contributed by atoms with Crippen LogP contribution in [0.3, 0.4) is 0 Å². The minimum absolute atomic E-state index is 0.0461. The number of nitrogens with zero attached hydrogens (tertiary/aromatic N) is 3. The molecule has 1 saturated heterocycles. The first-order valence-corrected chi connectivity index (χ1v) is 9.34. The lowest BCUT2D eigenvalue weighted by Gasteiger charge is -2.34. The van der Waals surface area contributed by atoms with Crippen LogP contribution < -0.4 is 0 Å². The van der Waals surface area contributed by atoms with Crippen molar-refractivity contribution in [2.45, 2.75) is 19.4 Å². The van der Waals surface area contributed by atoms with Crippen molar-refractivity contribution in [3.63, 3.8) is 0 Å². The molecule has 1 aromatic heterocycles. The summed E-state index contributed by atoms with van der Waals surface area (Å²) >= 11 is 0. The Kier molecular flexibility index (Phi) is 5.32. The largest absolute Gasteiger partial charge is 0.354 e. The predicted octanol–water partition coefficient (Wildman–Crippen LogP) is 3.31. The lowest BCUT2D eigenvalue weighted by atomic mass is 9.81. The fraction of sp³-hybridized carbons (Fsp3) is 0.318. The van der Waals surface area contributed by atoms with E-state index in [4.69, 9.17) is 9.47 Å². The molecule has 144 valence electrons. The van der Waals surface area contributed by atoms with Crippen molar-refractivity contribution in [2.75, 3.05) is 20.0 Å². The summed E-state index contributed by atoms with van der Waals surface area (Å²) in [7, 11) is 0. The number of Topliss-reactive ketones (excluding diaryl/α,β-unsaturated/α-hetero) is 1. The molecule has 1 unspecified atom stereocenters. The van der Waals surface area contributed by atoms with Gasteiger partial charge in [0.05, 0.1) is 18.6 Å². The second kappa shape index (κ2) is 8.04. The van der Waals surface area contributed by atoms with Gasteiger partial charge in [-0.15, -0.1) is 0 Å². The van der Waals surface area contributed by atoms with Crippen LogP contribution in [0.25, 0.3) is 11.1 Å². The highest BCUT2D eigenvalue weighted by atomic mass is 16.7. The summed E-state index contributed by atoms with van der Waals surface area (Å²) in [6, 6.07) is 18.1. The molecule has 2 aromatic carbocycles. The van der Waals surface area contributed by atoms with E-state index < -0.39 is 11.5 Å². The molecule has 6 nitrogen and oxygen atoms in total. The average Bonchev–Trinajstić information content (AvgIpc) is 3.28. The molecule has 2 heterocycles. The van der Waals surface area contributed by atoms with Gasteiger partial charge in [0, 0.05) is 6.42 Å². The van der Waals surface area contributed by atoms with Crippen molar-refractivity contribution in [1.82, 2.24) is 14.8 Å². The monoisotopic (exact) mass is 377 g/mol. The van der Waals surface area contributed by atoms with Gasteiger partial charge in [-0.1, -0.05) is 54.6 Å². The number of hydrogen-bond acceptors (Lipinski definition) is 5. The van der Waals surface area contributed by atoms with Crippen molar-refractivity contribution in [3.8, 4) is 11.1 Å². The first kappa shape index (κ1) is 18.5. The van der Waals surface area contributed by atoms with Gasteiger partial charge >= 0.3 is 0 Å². The van der Waals surface area contributed by atoms with E-state index >= 15 is 0 Å². The highest BCUT2D eigenvalue weighted by molar-refractivity contribution is 5.88. The van der Waals surface area contributed by atoms with E-state index in [-0.39, 0.29) is 12.6 Å². The van der Waals surface area contributed by atoms with Crippen molar-refractivity contribution < 1.29 is 14.3 Å². The predicted molar refractivity (Wildman–Crippen MR) is 105 cm³/mol. The Labute approximate surface area is 164 Å². The third-order valence-corrected chi connectivity index (χ3v) is 5.15. The Morgan fingerprint density at radius 2 is 1.75 bits per heavy atom. The number of aromatic nitrogens is 3. The van der Waals surface area contributed by atoms with Crippen LogP contribution in [0.1, 0.15) is 18.5 Å². The van der Waals surface area contributed by atoms with Crippen molar-refractivity contribution in [1.29, 1.82) is 0 Å². The standard InChI is InChI=1S/C22H23N3O3/c1-22(12-27-16-28-13-22)21(26)20(25-15-23-14-24-25)11-17-7-9-19(10-8-17)18-5-3-2-4-6-18/h2-10,14-15,20H,11-13,16H2,1H3. The van der Waals surface area contributed by atoms with E-state index in [9.17, 15) is 4.79 Å². The zero-order valence-corrected chi connectivity index (χ0v) is 15.8. The summed E-state index contributed by atoms with van der Waals surface area (Å²) in [5.74, 6) is 0.0461. The molecular weight excluding hydrogens is 354 g/mol. The zero-order chi connectivity index (χ0) is 19.4. The van der Waals surface area contributed by atoms with Gasteiger partial charge in [-0.2, -0.15) is 5.10 Å². The number of carbonyl (C=O) groups is 1. The number of ketones is 1. The quantitative estimate of drug-likeness (QED) is 0.659. The Morgan fingerprint density at radius 3 is 2.39 bits per heavy atom. The van der Waals surface area contributed by atoms with E-state index in [0.29, 0.717) is 19.6 Å². The number of rotatable bonds is 6. The van der Waals surface area contributed by atoms with Crippen LogP contribution in [-0.2, 0) is 20.7 Å². The zero-order valence-electron chi connectivity index (χ0n) is 15.8. The molecule has 0 spiro atoms. The van der Waals surface area contributed by atoms with E-state index in [0.717, 1.165) is 11.1 Å². The van der Waals surface area contributed by atoms with Crippen LogP contribution in [0.15, 0.2) is 67.3 Å². The van der Waals surface area contributed by atoms with E-state index in [1.165, 1.54) is 11.9 Å². The van der Waals surface area contributed by atoms with Gasteiger partial charge in [-0.25, -0.2) is 9.67 Å². The normalized spacial score (nSPS) is 17.2. The minimum Gasteiger partial charge on any atom is -0.354 e. The summed E-state index contributed by atoms with van der Waals surface area (Å²) in [6.45, 7) is 2.82. The SMILES string of the molecule is CC1(C(=O)C(Cc2ccc(-c3ccccc3)cc2)n2cncn2)COCOC1. The van der Waals surface area contributed by atoms with Crippen LogP contribution in [-0.4, -0.2) is 40.6 Å². The Morgan fingerprint density at radius 1 is 1.07 bits per heavy atom. The van der Waals surface area contributed by atoms with Gasteiger partial charge < -0.3 is 9.47 Å². The molecule has 1 aliphatic heterocycles. The molecule has 0 amide bonds. The summed E-state index contributed by atoms with van der Waals surface area (Å²) in [5.41, 5.74) is 2.68. The van der Waals surface area contributed by atoms with Crippen LogP contribution >= 0.6 is 0 Å². The van der Waals surface area contributed by atoms with Crippen LogP contribution in [0.5, 0.6) is 0 Å². The third kappa shape index (κ3) is 3.88. The Hall–Kier alpha value is -2.83. The topological polar surface area (TPSA) is 66.2 Å². The van der Waals surface area contributed by atoms with Gasteiger partial charge in [0.2, 0.25) is 0 Å². The number of hydrogen-bond donors (Lipinski definition) is 0. The molecular formula is C22H23N3O3. The first-order valence-electron chi connectivity index (χ1n) is 9.34. The molecule has 0 N–H and O–H groups in total. The van der Waals surface area contributed by atoms with Crippen molar-refractivity contribution >= 4 is 5.78 Å². The molecule has 6 heteroatoms. The molecule has 3 aromatic rings. The maximum absolute atomic E-state index is 13.4. The van der Waals surface area contributed by atoms with Gasteiger partial charge in [0.25, 0.3) is 0 Å². The molecule has 1 atom stereocenters. The second-order valence-corrected chi connectivity index (χ2v) is 7.40. The van der Waals surface area contributed by atoms with Crippen molar-refractivity contribution in [2.24, 2.45) is 5.41 Å². The lowest BCUT2D eigenvalue weighted by molar-refractivity contribution is -0.174. The highest BCUT2D eigenvalue weighted by Crippen LogP contribution is 2.30. The molecule has 0 saturated carbocycles. The fourth-order valence-electron chi connectivity index (χ4n) is 3.55. The third-order valence-electron chi connectivity index (χ3n) is 5.15. The number of carbonyl (C=O) groups excluding carboxylic acids is 1. The van der Waals surface area contributed by atoms with Crippen LogP contribution in [0, 0.1) is 5.41 Å². The second-order valence-electron chi connectivity index (χ2n) is 7.40. The first-order chi connectivity index (χ1) is 13.7. The van der Waals surface area contributed by atoms with E-state index in [1.54, 1.807) is 11.0 Å². The molecule has 1 aliphatic rings. The molecule has 0 bridgehead atoms. The van der Waals surface area contributed by atoms with E-state index in [1.807, 2.05) is 25.1 Å². The van der Waals surface area contributed by atoms with Crippen molar-refractivity contribution in [3.05, 3.63) is 72.8 Å². The molecule has 28 heavy (non-hydrogen) atoms. The molecule has 1 fully saturated rings. The number of benzene rings is 2. The van der Waals surface area contributed by atoms with Gasteiger partial charge in [0.15, 0.2) is 5.78 Å². The highest BCUT2D eigenvalue weighted by Gasteiger charge is 2.41. The summed E-state index contributed by atoms with van der Waals surface area (Å²) in [6.07, 6.45) is 3.58. The summed E-state index contributed by atoms with van der Waals surface area (Å²) in [4.78, 5) is 17.4.